The SMILES string of the molecule is Cc1cc(OCC(=O)NCc2ccco2)nnc1C. The molecule has 0 bridgehead atoms. The lowest BCUT2D eigenvalue weighted by atomic mass is 10.2. The van der Waals surface area contributed by atoms with Crippen molar-refractivity contribution in [1.82, 2.24) is 15.5 Å². The quantitative estimate of drug-likeness (QED) is 0.879. The Kier molecular flexibility index (Phi) is 4.12. The highest BCUT2D eigenvalue weighted by atomic mass is 16.5. The number of carbonyl (C=O) groups excluding carboxylic acids is 1. The van der Waals surface area contributed by atoms with E-state index in [-0.39, 0.29) is 12.5 Å². The van der Waals surface area contributed by atoms with Gasteiger partial charge in [0.15, 0.2) is 6.61 Å². The molecule has 6 heteroatoms. The second-order valence-corrected chi connectivity index (χ2v) is 4.10. The van der Waals surface area contributed by atoms with Crippen LogP contribution in [-0.4, -0.2) is 22.7 Å². The first-order valence-corrected chi connectivity index (χ1v) is 5.88. The average molecular weight is 261 g/mol. The van der Waals surface area contributed by atoms with E-state index in [0.717, 1.165) is 11.3 Å². The zero-order valence-electron chi connectivity index (χ0n) is 10.8. The van der Waals surface area contributed by atoms with E-state index in [0.29, 0.717) is 18.2 Å². The minimum absolute atomic E-state index is 0.0993. The van der Waals surface area contributed by atoms with E-state index in [2.05, 4.69) is 15.5 Å². The Bertz CT molecular complexity index is 552. The van der Waals surface area contributed by atoms with Gasteiger partial charge in [0.05, 0.1) is 18.5 Å². The van der Waals surface area contributed by atoms with Gasteiger partial charge in [-0.25, -0.2) is 0 Å². The van der Waals surface area contributed by atoms with E-state index in [1.807, 2.05) is 13.8 Å². The van der Waals surface area contributed by atoms with Crippen molar-refractivity contribution in [3.8, 4) is 5.88 Å². The average Bonchev–Trinajstić information content (AvgIpc) is 2.91. The van der Waals surface area contributed by atoms with Crippen molar-refractivity contribution < 1.29 is 13.9 Å². The Balaban J connectivity index is 1.78. The molecule has 100 valence electrons. The van der Waals surface area contributed by atoms with Gasteiger partial charge in [0, 0.05) is 6.07 Å². The summed E-state index contributed by atoms with van der Waals surface area (Å²) in [6, 6.07) is 5.31. The number of rotatable bonds is 5. The summed E-state index contributed by atoms with van der Waals surface area (Å²) in [5.74, 6) is 0.798. The number of aromatic nitrogens is 2. The maximum atomic E-state index is 11.5. The number of hydrogen-bond acceptors (Lipinski definition) is 5. The molecule has 2 aromatic heterocycles. The summed E-state index contributed by atoms with van der Waals surface area (Å²) in [6.45, 7) is 4.02. The second-order valence-electron chi connectivity index (χ2n) is 4.10. The van der Waals surface area contributed by atoms with Gasteiger partial charge >= 0.3 is 0 Å². The Hall–Kier alpha value is -2.37. The van der Waals surface area contributed by atoms with Crippen LogP contribution < -0.4 is 10.1 Å². The van der Waals surface area contributed by atoms with Crippen LogP contribution in [0.15, 0.2) is 28.9 Å². The van der Waals surface area contributed by atoms with Crippen LogP contribution in [0.4, 0.5) is 0 Å². The van der Waals surface area contributed by atoms with Crippen molar-refractivity contribution in [3.63, 3.8) is 0 Å². The summed E-state index contributed by atoms with van der Waals surface area (Å²) in [4.78, 5) is 11.5. The molecule has 2 rings (SSSR count). The van der Waals surface area contributed by atoms with Gasteiger partial charge in [-0.15, -0.1) is 5.10 Å². The van der Waals surface area contributed by atoms with E-state index in [9.17, 15) is 4.79 Å². The molecule has 0 atom stereocenters. The largest absolute Gasteiger partial charge is 0.467 e. The highest BCUT2D eigenvalue weighted by molar-refractivity contribution is 5.77. The summed E-state index contributed by atoms with van der Waals surface area (Å²) in [5, 5.41) is 10.4. The number of nitrogens with zero attached hydrogens (tertiary/aromatic N) is 2. The predicted molar refractivity (Wildman–Crippen MR) is 67.6 cm³/mol. The molecule has 0 saturated carbocycles. The molecule has 2 heterocycles. The molecule has 0 aliphatic heterocycles. The standard InChI is InChI=1S/C13H15N3O3/c1-9-6-13(16-15-10(9)2)19-8-12(17)14-7-11-4-3-5-18-11/h3-6H,7-8H2,1-2H3,(H,14,17). The second kappa shape index (κ2) is 5.99. The van der Waals surface area contributed by atoms with Gasteiger partial charge in [-0.2, -0.15) is 5.10 Å². The molecule has 0 unspecified atom stereocenters. The number of hydrogen-bond donors (Lipinski definition) is 1. The van der Waals surface area contributed by atoms with Crippen LogP contribution in [0, 0.1) is 13.8 Å². The molecule has 1 amide bonds. The Morgan fingerprint density at radius 3 is 2.95 bits per heavy atom. The maximum Gasteiger partial charge on any atom is 0.258 e. The molecule has 0 saturated heterocycles. The third-order valence-electron chi connectivity index (χ3n) is 2.60. The van der Waals surface area contributed by atoms with Gasteiger partial charge in [0.2, 0.25) is 5.88 Å². The summed E-state index contributed by atoms with van der Waals surface area (Å²) in [5.41, 5.74) is 1.82. The van der Waals surface area contributed by atoms with Crippen molar-refractivity contribution in [2.24, 2.45) is 0 Å². The van der Waals surface area contributed by atoms with Crippen LogP contribution in [0.5, 0.6) is 5.88 Å². The van der Waals surface area contributed by atoms with Gasteiger partial charge in [-0.1, -0.05) is 0 Å². The number of aryl methyl sites for hydroxylation is 2. The van der Waals surface area contributed by atoms with E-state index in [1.165, 1.54) is 0 Å². The zero-order valence-corrected chi connectivity index (χ0v) is 10.8. The number of amides is 1. The topological polar surface area (TPSA) is 77.2 Å². The van der Waals surface area contributed by atoms with Crippen molar-refractivity contribution in [2.75, 3.05) is 6.61 Å². The first-order chi connectivity index (χ1) is 9.15. The fourth-order valence-corrected chi connectivity index (χ4v) is 1.38. The van der Waals surface area contributed by atoms with Crippen molar-refractivity contribution in [1.29, 1.82) is 0 Å². The van der Waals surface area contributed by atoms with E-state index in [1.54, 1.807) is 24.5 Å². The number of furan rings is 1. The highest BCUT2D eigenvalue weighted by Crippen LogP contribution is 2.09. The number of carbonyl (C=O) groups is 1. The molecular weight excluding hydrogens is 246 g/mol. The van der Waals surface area contributed by atoms with Crippen molar-refractivity contribution in [2.45, 2.75) is 20.4 Å². The Morgan fingerprint density at radius 2 is 2.26 bits per heavy atom. The normalized spacial score (nSPS) is 10.2. The molecule has 0 aliphatic rings. The summed E-state index contributed by atoms with van der Waals surface area (Å²) in [6.07, 6.45) is 1.56. The molecule has 0 aromatic carbocycles. The van der Waals surface area contributed by atoms with Gasteiger partial charge in [-0.05, 0) is 31.5 Å². The van der Waals surface area contributed by atoms with Crippen LogP contribution in [0.25, 0.3) is 0 Å². The van der Waals surface area contributed by atoms with Crippen LogP contribution in [0.2, 0.25) is 0 Å². The van der Waals surface area contributed by atoms with E-state index >= 15 is 0 Å². The molecule has 0 spiro atoms. The Labute approximate surface area is 110 Å². The minimum Gasteiger partial charge on any atom is -0.467 e. The molecular formula is C13H15N3O3. The van der Waals surface area contributed by atoms with Gasteiger partial charge in [-0.3, -0.25) is 4.79 Å². The smallest absolute Gasteiger partial charge is 0.258 e. The molecule has 2 aromatic rings. The molecule has 1 N–H and O–H groups in total. The van der Waals surface area contributed by atoms with Gasteiger partial charge in [0.1, 0.15) is 5.76 Å². The Morgan fingerprint density at radius 1 is 1.42 bits per heavy atom. The summed E-state index contributed by atoms with van der Waals surface area (Å²) in [7, 11) is 0. The zero-order chi connectivity index (χ0) is 13.7. The first kappa shape index (κ1) is 13.1. The lowest BCUT2D eigenvalue weighted by molar-refractivity contribution is -0.123. The highest BCUT2D eigenvalue weighted by Gasteiger charge is 2.06. The van der Waals surface area contributed by atoms with Gasteiger partial charge in [0.25, 0.3) is 5.91 Å². The number of ether oxygens (including phenoxy) is 1. The summed E-state index contributed by atoms with van der Waals surface area (Å²) >= 11 is 0. The van der Waals surface area contributed by atoms with Gasteiger partial charge < -0.3 is 14.5 Å². The molecule has 0 aliphatic carbocycles. The maximum absolute atomic E-state index is 11.5. The van der Waals surface area contributed by atoms with Crippen molar-refractivity contribution in [3.05, 3.63) is 41.5 Å². The lowest BCUT2D eigenvalue weighted by Crippen LogP contribution is -2.28. The monoisotopic (exact) mass is 261 g/mol. The van der Waals surface area contributed by atoms with Crippen LogP contribution in [0.3, 0.4) is 0 Å². The van der Waals surface area contributed by atoms with Crippen LogP contribution in [0.1, 0.15) is 17.0 Å². The predicted octanol–water partition coefficient (Wildman–Crippen LogP) is 1.38. The molecule has 6 nitrogen and oxygen atoms in total. The third kappa shape index (κ3) is 3.80. The molecule has 0 radical (unpaired) electrons. The third-order valence-corrected chi connectivity index (χ3v) is 2.60. The minimum atomic E-state index is -0.239. The van der Waals surface area contributed by atoms with Crippen molar-refractivity contribution >= 4 is 5.91 Å². The van der Waals surface area contributed by atoms with Crippen LogP contribution in [-0.2, 0) is 11.3 Å². The number of nitrogens with one attached hydrogen (secondary N) is 1. The molecule has 0 fully saturated rings. The fraction of sp³-hybridized carbons (Fsp3) is 0.308. The lowest BCUT2D eigenvalue weighted by Gasteiger charge is -2.06. The first-order valence-electron chi connectivity index (χ1n) is 5.88. The summed E-state index contributed by atoms with van der Waals surface area (Å²) < 4.78 is 10.4. The molecule has 19 heavy (non-hydrogen) atoms. The van der Waals surface area contributed by atoms with E-state index in [4.69, 9.17) is 9.15 Å². The van der Waals surface area contributed by atoms with E-state index < -0.39 is 0 Å². The fourth-order valence-electron chi connectivity index (χ4n) is 1.38. The van der Waals surface area contributed by atoms with Crippen LogP contribution >= 0.6 is 0 Å².